The van der Waals surface area contributed by atoms with Gasteiger partial charge in [-0.05, 0) is 55.0 Å². The molecule has 1 amide bonds. The Hall–Kier alpha value is -2.01. The summed E-state index contributed by atoms with van der Waals surface area (Å²) in [6.07, 6.45) is 0.422. The van der Waals surface area contributed by atoms with Crippen LogP contribution in [-0.2, 0) is 4.79 Å². The van der Waals surface area contributed by atoms with E-state index in [0.29, 0.717) is 13.0 Å². The number of carbonyl (C=O) groups excluding carboxylic acids is 1. The van der Waals surface area contributed by atoms with E-state index in [1.807, 2.05) is 62.3 Å². The predicted molar refractivity (Wildman–Crippen MR) is 101 cm³/mol. The molecule has 0 aromatic heterocycles. The van der Waals surface area contributed by atoms with E-state index in [0.717, 1.165) is 27.1 Å². The molecule has 5 heteroatoms. The minimum Gasteiger partial charge on any atom is -0.384 e. The van der Waals surface area contributed by atoms with Gasteiger partial charge in [0.15, 0.2) is 0 Å². The molecule has 0 radical (unpaired) electrons. The van der Waals surface area contributed by atoms with E-state index in [2.05, 4.69) is 32.6 Å². The minimum absolute atomic E-state index is 0.00451. The molecular weight excluding hydrogens is 354 g/mol. The number of hydrogen-bond acceptors (Lipinski definition) is 3. The number of rotatable bonds is 6. The summed E-state index contributed by atoms with van der Waals surface area (Å²) in [4.78, 5) is 14.0. The maximum atomic E-state index is 12.0. The molecule has 4 nitrogen and oxygen atoms in total. The highest BCUT2D eigenvalue weighted by Gasteiger charge is 2.04. The van der Waals surface area contributed by atoms with E-state index in [1.165, 1.54) is 0 Å². The van der Waals surface area contributed by atoms with Gasteiger partial charge in [-0.3, -0.25) is 4.79 Å². The Labute approximate surface area is 146 Å². The summed E-state index contributed by atoms with van der Waals surface area (Å²) in [5.74, 6) is 0.00451. The summed E-state index contributed by atoms with van der Waals surface area (Å²) >= 11 is 3.44. The average molecular weight is 376 g/mol. The van der Waals surface area contributed by atoms with Crippen molar-refractivity contribution in [3.05, 3.63) is 52.5 Å². The molecule has 0 saturated heterocycles. The van der Waals surface area contributed by atoms with Gasteiger partial charge >= 0.3 is 0 Å². The molecule has 2 N–H and O–H groups in total. The number of amides is 1. The van der Waals surface area contributed by atoms with Gasteiger partial charge in [0.1, 0.15) is 0 Å². The van der Waals surface area contributed by atoms with E-state index in [-0.39, 0.29) is 5.91 Å². The normalized spacial score (nSPS) is 10.3. The SMILES string of the molecule is Cc1cc(Br)ccc1NCCC(=O)Nc1ccc(N(C)C)cc1. The van der Waals surface area contributed by atoms with E-state index in [4.69, 9.17) is 0 Å². The van der Waals surface area contributed by atoms with Crippen LogP contribution < -0.4 is 15.5 Å². The lowest BCUT2D eigenvalue weighted by molar-refractivity contribution is -0.115. The molecule has 2 aromatic rings. The average Bonchev–Trinajstić information content (AvgIpc) is 2.50. The van der Waals surface area contributed by atoms with Gasteiger partial charge < -0.3 is 15.5 Å². The van der Waals surface area contributed by atoms with E-state index in [1.54, 1.807) is 0 Å². The second kappa shape index (κ2) is 8.02. The summed E-state index contributed by atoms with van der Waals surface area (Å²) in [5, 5.41) is 6.21. The maximum absolute atomic E-state index is 12.0. The molecule has 0 spiro atoms. The Morgan fingerprint density at radius 3 is 2.43 bits per heavy atom. The van der Waals surface area contributed by atoms with Gasteiger partial charge in [-0.25, -0.2) is 0 Å². The van der Waals surface area contributed by atoms with Crippen LogP contribution >= 0.6 is 15.9 Å². The summed E-state index contributed by atoms with van der Waals surface area (Å²) in [7, 11) is 3.98. The first-order valence-electron chi connectivity index (χ1n) is 7.53. The molecule has 23 heavy (non-hydrogen) atoms. The van der Waals surface area contributed by atoms with Crippen molar-refractivity contribution in [1.82, 2.24) is 0 Å². The quantitative estimate of drug-likeness (QED) is 0.792. The number of aryl methyl sites for hydroxylation is 1. The monoisotopic (exact) mass is 375 g/mol. The van der Waals surface area contributed by atoms with Crippen LogP contribution in [0.4, 0.5) is 17.1 Å². The van der Waals surface area contributed by atoms with Crippen molar-refractivity contribution >= 4 is 38.9 Å². The molecule has 0 aliphatic carbocycles. The molecule has 0 saturated carbocycles. The van der Waals surface area contributed by atoms with Crippen molar-refractivity contribution in [1.29, 1.82) is 0 Å². The van der Waals surface area contributed by atoms with Gasteiger partial charge in [-0.1, -0.05) is 15.9 Å². The van der Waals surface area contributed by atoms with Crippen LogP contribution in [0.25, 0.3) is 0 Å². The fourth-order valence-corrected chi connectivity index (χ4v) is 2.68. The number of nitrogens with one attached hydrogen (secondary N) is 2. The molecule has 2 rings (SSSR count). The smallest absolute Gasteiger partial charge is 0.226 e. The van der Waals surface area contributed by atoms with Gasteiger partial charge in [0.25, 0.3) is 0 Å². The first-order chi connectivity index (χ1) is 11.0. The van der Waals surface area contributed by atoms with Crippen molar-refractivity contribution in [2.75, 3.05) is 36.2 Å². The van der Waals surface area contributed by atoms with Crippen molar-refractivity contribution in [3.8, 4) is 0 Å². The highest BCUT2D eigenvalue weighted by molar-refractivity contribution is 9.10. The summed E-state index contributed by atoms with van der Waals surface area (Å²) in [6, 6.07) is 13.9. The van der Waals surface area contributed by atoms with Crippen molar-refractivity contribution in [3.63, 3.8) is 0 Å². The third kappa shape index (κ3) is 5.28. The lowest BCUT2D eigenvalue weighted by Gasteiger charge is -2.13. The molecule has 0 aliphatic heterocycles. The van der Waals surface area contributed by atoms with Crippen molar-refractivity contribution in [2.45, 2.75) is 13.3 Å². The second-order valence-corrected chi connectivity index (χ2v) is 6.54. The van der Waals surface area contributed by atoms with Gasteiger partial charge in [0.2, 0.25) is 5.91 Å². The van der Waals surface area contributed by atoms with Crippen LogP contribution in [0.3, 0.4) is 0 Å². The number of halogens is 1. The number of nitrogens with zero attached hydrogens (tertiary/aromatic N) is 1. The van der Waals surface area contributed by atoms with Gasteiger partial charge in [0.05, 0.1) is 0 Å². The first kappa shape index (κ1) is 17.3. The Bertz CT molecular complexity index is 668. The Kier molecular flexibility index (Phi) is 6.04. The summed E-state index contributed by atoms with van der Waals surface area (Å²) in [5.41, 5.74) is 4.13. The zero-order valence-corrected chi connectivity index (χ0v) is 15.3. The topological polar surface area (TPSA) is 44.4 Å². The Balaban J connectivity index is 1.80. The van der Waals surface area contributed by atoms with E-state index in [9.17, 15) is 4.79 Å². The predicted octanol–water partition coefficient (Wildman–Crippen LogP) is 4.26. The molecule has 122 valence electrons. The highest BCUT2D eigenvalue weighted by Crippen LogP contribution is 2.20. The van der Waals surface area contributed by atoms with Gasteiger partial charge in [-0.2, -0.15) is 0 Å². The second-order valence-electron chi connectivity index (χ2n) is 5.63. The standard InChI is InChI=1S/C18H22BrN3O/c1-13-12-14(19)4-9-17(13)20-11-10-18(23)21-15-5-7-16(8-6-15)22(2)3/h4-9,12,20H,10-11H2,1-3H3,(H,21,23). The first-order valence-corrected chi connectivity index (χ1v) is 8.32. The fourth-order valence-electron chi connectivity index (χ4n) is 2.20. The molecule has 0 heterocycles. The number of carbonyl (C=O) groups is 1. The molecule has 0 aliphatic rings. The minimum atomic E-state index is 0.00451. The van der Waals surface area contributed by atoms with Gasteiger partial charge in [-0.15, -0.1) is 0 Å². The third-order valence-electron chi connectivity index (χ3n) is 3.52. The van der Waals surface area contributed by atoms with Crippen LogP contribution in [0.1, 0.15) is 12.0 Å². The van der Waals surface area contributed by atoms with E-state index >= 15 is 0 Å². The molecule has 0 atom stereocenters. The van der Waals surface area contributed by atoms with Crippen LogP contribution in [0.5, 0.6) is 0 Å². The van der Waals surface area contributed by atoms with Gasteiger partial charge in [0, 0.05) is 48.6 Å². The number of anilines is 3. The van der Waals surface area contributed by atoms with E-state index < -0.39 is 0 Å². The van der Waals surface area contributed by atoms with Crippen molar-refractivity contribution < 1.29 is 4.79 Å². The third-order valence-corrected chi connectivity index (χ3v) is 4.02. The summed E-state index contributed by atoms with van der Waals surface area (Å²) < 4.78 is 1.06. The molecule has 0 fully saturated rings. The fraction of sp³-hybridized carbons (Fsp3) is 0.278. The van der Waals surface area contributed by atoms with Crippen LogP contribution in [0, 0.1) is 6.92 Å². The van der Waals surface area contributed by atoms with Crippen molar-refractivity contribution in [2.24, 2.45) is 0 Å². The molecule has 0 bridgehead atoms. The lowest BCUT2D eigenvalue weighted by atomic mass is 10.2. The van der Waals surface area contributed by atoms with Crippen LogP contribution in [0.15, 0.2) is 46.9 Å². The Morgan fingerprint density at radius 2 is 1.83 bits per heavy atom. The highest BCUT2D eigenvalue weighted by atomic mass is 79.9. The van der Waals surface area contributed by atoms with Crippen LogP contribution in [-0.4, -0.2) is 26.5 Å². The zero-order valence-electron chi connectivity index (χ0n) is 13.7. The molecular formula is C18H22BrN3O. The zero-order chi connectivity index (χ0) is 16.8. The number of benzene rings is 2. The lowest BCUT2D eigenvalue weighted by Crippen LogP contribution is -2.16. The molecule has 0 unspecified atom stereocenters. The largest absolute Gasteiger partial charge is 0.384 e. The van der Waals surface area contributed by atoms with Crippen LogP contribution in [0.2, 0.25) is 0 Å². The Morgan fingerprint density at radius 1 is 1.13 bits per heavy atom. The maximum Gasteiger partial charge on any atom is 0.226 e. The summed E-state index contributed by atoms with van der Waals surface area (Å²) in [6.45, 7) is 2.64. The molecule has 2 aromatic carbocycles. The number of hydrogen-bond donors (Lipinski definition) is 2.